The van der Waals surface area contributed by atoms with Crippen LogP contribution in [-0.4, -0.2) is 0 Å². The number of rotatable bonds is 1. The normalized spacial score (nSPS) is 9.71. The largest absolute Gasteiger partial charge is 0.311 e. The minimum absolute atomic E-state index is 0.150. The molecule has 0 spiro atoms. The zero-order chi connectivity index (χ0) is 12.3. The fraction of sp³-hybridized carbons (Fsp3) is 0. The van der Waals surface area contributed by atoms with Crippen LogP contribution in [0.25, 0.3) is 11.1 Å². The van der Waals surface area contributed by atoms with Crippen LogP contribution < -0.4 is 5.32 Å². The molecule has 0 radical (unpaired) electrons. The average Bonchev–Trinajstić information content (AvgIpc) is 2.30. The molecular weight excluding hydrogens is 237 g/mol. The van der Waals surface area contributed by atoms with Crippen molar-refractivity contribution < 1.29 is 4.39 Å². The molecule has 1 aromatic carbocycles. The van der Waals surface area contributed by atoms with E-state index in [4.69, 9.17) is 18.0 Å². The number of halogens is 2. The standard InChI is InChI=1S/C8H5ClFN.C6H4/c1-2-11-8-6(9)4-3-5-7(8)10;1-2-6-4-3-5(1)6/h1,3-5,11H;1-4H. The van der Waals surface area contributed by atoms with Crippen LogP contribution in [0.4, 0.5) is 10.1 Å². The van der Waals surface area contributed by atoms with E-state index in [1.54, 1.807) is 6.07 Å². The Morgan fingerprint density at radius 2 is 1.65 bits per heavy atom. The van der Waals surface area contributed by atoms with Crippen LogP contribution >= 0.6 is 11.6 Å². The second-order valence-electron chi connectivity index (χ2n) is 3.44. The SMILES string of the molecule is C#CNc1c(F)cccc1Cl.c1cc2ccc1-2. The Kier molecular flexibility index (Phi) is 3.32. The summed E-state index contributed by atoms with van der Waals surface area (Å²) in [6.45, 7) is 0. The summed E-state index contributed by atoms with van der Waals surface area (Å²) in [6, 6.07) is 14.9. The van der Waals surface area contributed by atoms with Gasteiger partial charge in [0.2, 0.25) is 0 Å². The van der Waals surface area contributed by atoms with Gasteiger partial charge < -0.3 is 5.32 Å². The lowest BCUT2D eigenvalue weighted by atomic mass is 9.95. The van der Waals surface area contributed by atoms with Gasteiger partial charge >= 0.3 is 0 Å². The van der Waals surface area contributed by atoms with Crippen molar-refractivity contribution >= 4 is 17.3 Å². The highest BCUT2D eigenvalue weighted by Crippen LogP contribution is 2.29. The molecule has 0 heterocycles. The molecule has 3 rings (SSSR count). The molecule has 0 unspecified atom stereocenters. The summed E-state index contributed by atoms with van der Waals surface area (Å²) in [4.78, 5) is 0. The van der Waals surface area contributed by atoms with Gasteiger partial charge in [-0.05, 0) is 23.3 Å². The molecule has 0 atom stereocenters. The van der Waals surface area contributed by atoms with Gasteiger partial charge in [0.15, 0.2) is 0 Å². The van der Waals surface area contributed by atoms with Crippen molar-refractivity contribution in [3.05, 3.63) is 53.3 Å². The first-order valence-electron chi connectivity index (χ1n) is 4.98. The summed E-state index contributed by atoms with van der Waals surface area (Å²) in [5.74, 6) is -0.449. The topological polar surface area (TPSA) is 12.0 Å². The molecule has 0 saturated carbocycles. The number of fused-ring (bicyclic) bond motifs is 1. The van der Waals surface area contributed by atoms with Gasteiger partial charge in [0.05, 0.1) is 5.02 Å². The molecule has 0 bridgehead atoms. The fourth-order valence-electron chi connectivity index (χ4n) is 1.35. The molecule has 2 aliphatic carbocycles. The van der Waals surface area contributed by atoms with E-state index in [-0.39, 0.29) is 10.7 Å². The van der Waals surface area contributed by atoms with Crippen molar-refractivity contribution in [2.75, 3.05) is 5.32 Å². The Bertz CT molecular complexity index is 529. The van der Waals surface area contributed by atoms with E-state index in [2.05, 4.69) is 35.6 Å². The highest BCUT2D eigenvalue weighted by Gasteiger charge is 2.04. The molecule has 84 valence electrons. The van der Waals surface area contributed by atoms with Gasteiger partial charge in [-0.2, -0.15) is 0 Å². The molecule has 1 aromatic rings. The van der Waals surface area contributed by atoms with Crippen LogP contribution in [0.3, 0.4) is 0 Å². The number of para-hydroxylation sites is 1. The predicted molar refractivity (Wildman–Crippen MR) is 69.3 cm³/mol. The molecule has 0 saturated heterocycles. The Labute approximate surface area is 104 Å². The van der Waals surface area contributed by atoms with Gasteiger partial charge in [-0.15, -0.1) is 0 Å². The highest BCUT2D eigenvalue weighted by molar-refractivity contribution is 6.33. The predicted octanol–water partition coefficient (Wildman–Crippen LogP) is 4.15. The maximum absolute atomic E-state index is 12.8. The van der Waals surface area contributed by atoms with Gasteiger partial charge in [0, 0.05) is 6.04 Å². The van der Waals surface area contributed by atoms with E-state index in [1.807, 2.05) is 0 Å². The first kappa shape index (κ1) is 11.5. The first-order chi connectivity index (χ1) is 8.22. The van der Waals surface area contributed by atoms with E-state index < -0.39 is 5.82 Å². The zero-order valence-corrected chi connectivity index (χ0v) is 9.63. The molecular formula is C14H9ClFN. The Morgan fingerprint density at radius 3 is 2.00 bits per heavy atom. The van der Waals surface area contributed by atoms with Gasteiger partial charge in [-0.1, -0.05) is 48.4 Å². The van der Waals surface area contributed by atoms with Gasteiger partial charge in [-0.25, -0.2) is 4.39 Å². The minimum Gasteiger partial charge on any atom is -0.311 e. The maximum atomic E-state index is 12.8. The second kappa shape index (κ2) is 4.90. The fourth-order valence-corrected chi connectivity index (χ4v) is 1.56. The molecule has 0 aromatic heterocycles. The summed E-state index contributed by atoms with van der Waals surface area (Å²) in [6.07, 6.45) is 4.91. The summed E-state index contributed by atoms with van der Waals surface area (Å²) in [7, 11) is 0. The third-order valence-corrected chi connectivity index (χ3v) is 2.69. The minimum atomic E-state index is -0.449. The monoisotopic (exact) mass is 245 g/mol. The van der Waals surface area contributed by atoms with Crippen LogP contribution in [0, 0.1) is 18.3 Å². The highest BCUT2D eigenvalue weighted by atomic mass is 35.5. The van der Waals surface area contributed by atoms with E-state index >= 15 is 0 Å². The number of hydrogen-bond acceptors (Lipinski definition) is 1. The van der Waals surface area contributed by atoms with E-state index in [9.17, 15) is 4.39 Å². The zero-order valence-electron chi connectivity index (χ0n) is 8.87. The Balaban J connectivity index is 0.000000148. The Hall–Kier alpha value is -1.98. The summed E-state index contributed by atoms with van der Waals surface area (Å²) in [5, 5.41) is 2.65. The number of anilines is 1. The van der Waals surface area contributed by atoms with Crippen molar-refractivity contribution in [3.8, 4) is 23.6 Å². The van der Waals surface area contributed by atoms with Crippen LogP contribution in [-0.2, 0) is 0 Å². The number of nitrogens with one attached hydrogen (secondary N) is 1. The van der Waals surface area contributed by atoms with Crippen LogP contribution in [0.5, 0.6) is 0 Å². The molecule has 3 heteroatoms. The summed E-state index contributed by atoms with van der Waals surface area (Å²) in [5.41, 5.74) is 3.00. The van der Waals surface area contributed by atoms with Crippen molar-refractivity contribution in [2.45, 2.75) is 0 Å². The van der Waals surface area contributed by atoms with Gasteiger partial charge in [0.1, 0.15) is 11.5 Å². The van der Waals surface area contributed by atoms with Gasteiger partial charge in [-0.3, -0.25) is 0 Å². The lowest BCUT2D eigenvalue weighted by Crippen LogP contribution is -1.91. The van der Waals surface area contributed by atoms with E-state index in [0.717, 1.165) is 0 Å². The lowest BCUT2D eigenvalue weighted by molar-refractivity contribution is 0.632. The quantitative estimate of drug-likeness (QED) is 0.502. The van der Waals surface area contributed by atoms with E-state index in [1.165, 1.54) is 23.3 Å². The lowest BCUT2D eigenvalue weighted by Gasteiger charge is -2.10. The third kappa shape index (κ3) is 2.41. The number of benzene rings is 2. The van der Waals surface area contributed by atoms with Crippen LogP contribution in [0.1, 0.15) is 0 Å². The summed E-state index contributed by atoms with van der Waals surface area (Å²) < 4.78 is 12.8. The van der Waals surface area contributed by atoms with Crippen molar-refractivity contribution in [2.24, 2.45) is 0 Å². The molecule has 2 aliphatic rings. The van der Waals surface area contributed by atoms with Crippen molar-refractivity contribution in [3.63, 3.8) is 0 Å². The molecule has 0 amide bonds. The van der Waals surface area contributed by atoms with Gasteiger partial charge in [0.25, 0.3) is 0 Å². The number of terminal acetylenes is 1. The average molecular weight is 246 g/mol. The maximum Gasteiger partial charge on any atom is 0.148 e. The van der Waals surface area contributed by atoms with Crippen molar-refractivity contribution in [1.29, 1.82) is 0 Å². The molecule has 0 aliphatic heterocycles. The molecule has 0 fully saturated rings. The summed E-state index contributed by atoms with van der Waals surface area (Å²) >= 11 is 5.61. The van der Waals surface area contributed by atoms with Crippen LogP contribution in [0.15, 0.2) is 42.5 Å². The first-order valence-corrected chi connectivity index (χ1v) is 5.36. The molecule has 1 nitrogen and oxygen atoms in total. The van der Waals surface area contributed by atoms with E-state index in [0.29, 0.717) is 0 Å². The van der Waals surface area contributed by atoms with Crippen LogP contribution in [0.2, 0.25) is 5.02 Å². The number of hydrogen-bond donors (Lipinski definition) is 1. The third-order valence-electron chi connectivity index (χ3n) is 2.38. The molecule has 1 N–H and O–H groups in total. The smallest absolute Gasteiger partial charge is 0.148 e. The second-order valence-corrected chi connectivity index (χ2v) is 3.85. The molecule has 17 heavy (non-hydrogen) atoms. The van der Waals surface area contributed by atoms with Crippen molar-refractivity contribution in [1.82, 2.24) is 0 Å². The Morgan fingerprint density at radius 1 is 1.06 bits per heavy atom.